The number of fused-ring (bicyclic) bond motifs is 1. The lowest BCUT2D eigenvalue weighted by molar-refractivity contribution is -0.121. The van der Waals surface area contributed by atoms with Crippen molar-refractivity contribution in [2.45, 2.75) is 32.1 Å². The third-order valence-corrected chi connectivity index (χ3v) is 6.60. The molecule has 1 N–H and O–H groups in total. The van der Waals surface area contributed by atoms with Gasteiger partial charge >= 0.3 is 0 Å². The molecule has 7 heteroatoms. The van der Waals surface area contributed by atoms with Crippen LogP contribution in [-0.2, 0) is 11.2 Å². The van der Waals surface area contributed by atoms with Gasteiger partial charge in [0.1, 0.15) is 5.52 Å². The van der Waals surface area contributed by atoms with Crippen molar-refractivity contribution in [1.29, 1.82) is 0 Å². The average molecular weight is 425 g/mol. The molecule has 1 aliphatic carbocycles. The smallest absolute Gasteiger partial charge is 0.299 e. The highest BCUT2D eigenvalue weighted by Gasteiger charge is 2.44. The number of carbonyl (C=O) groups excluding carboxylic acids is 1. The lowest BCUT2D eigenvalue weighted by Crippen LogP contribution is -2.62. The van der Waals surface area contributed by atoms with Gasteiger partial charge in [0, 0.05) is 37.1 Å². The fraction of sp³-hybridized carbons (Fsp3) is 0.435. The molecule has 30 heavy (non-hydrogen) atoms. The van der Waals surface area contributed by atoms with Crippen LogP contribution in [0, 0.1) is 12.3 Å². The number of anilines is 1. The summed E-state index contributed by atoms with van der Waals surface area (Å²) in [5.41, 5.74) is 4.61. The lowest BCUT2D eigenvalue weighted by atomic mass is 9.82. The second-order valence-corrected chi connectivity index (χ2v) is 9.06. The summed E-state index contributed by atoms with van der Waals surface area (Å²) >= 11 is 6.27. The minimum absolute atomic E-state index is 0.0265. The van der Waals surface area contributed by atoms with E-state index in [9.17, 15) is 4.79 Å². The van der Waals surface area contributed by atoms with Crippen molar-refractivity contribution in [3.8, 4) is 0 Å². The molecular formula is C23H25ClN4O2. The molecule has 1 amide bonds. The van der Waals surface area contributed by atoms with Gasteiger partial charge in [0.2, 0.25) is 11.6 Å². The van der Waals surface area contributed by atoms with Crippen LogP contribution < -0.4 is 10.2 Å². The summed E-state index contributed by atoms with van der Waals surface area (Å²) in [5, 5.41) is 3.07. The molecule has 156 valence electrons. The molecule has 0 bridgehead atoms. The van der Waals surface area contributed by atoms with Crippen LogP contribution in [-0.4, -0.2) is 41.4 Å². The van der Waals surface area contributed by atoms with E-state index in [2.05, 4.69) is 39.6 Å². The monoisotopic (exact) mass is 424 g/mol. The first kappa shape index (κ1) is 19.4. The van der Waals surface area contributed by atoms with Crippen molar-refractivity contribution >= 4 is 34.8 Å². The molecule has 3 aromatic rings. The number of rotatable bonds is 7. The number of carbonyl (C=O) groups is 1. The molecule has 6 nitrogen and oxygen atoms in total. The Morgan fingerprint density at radius 3 is 2.77 bits per heavy atom. The van der Waals surface area contributed by atoms with Crippen LogP contribution in [0.4, 0.5) is 6.01 Å². The first-order chi connectivity index (χ1) is 14.5. The fourth-order valence-corrected chi connectivity index (χ4v) is 4.31. The summed E-state index contributed by atoms with van der Waals surface area (Å²) in [5.74, 6) is 1.23. The predicted molar refractivity (Wildman–Crippen MR) is 117 cm³/mol. The summed E-state index contributed by atoms with van der Waals surface area (Å²) < 4.78 is 5.77. The van der Waals surface area contributed by atoms with Gasteiger partial charge < -0.3 is 14.6 Å². The van der Waals surface area contributed by atoms with Gasteiger partial charge in [-0.1, -0.05) is 24.3 Å². The highest BCUT2D eigenvalue weighted by molar-refractivity contribution is 6.18. The Morgan fingerprint density at radius 2 is 2.07 bits per heavy atom. The van der Waals surface area contributed by atoms with Crippen molar-refractivity contribution in [3.63, 3.8) is 0 Å². The molecule has 0 radical (unpaired) electrons. The van der Waals surface area contributed by atoms with E-state index in [0.29, 0.717) is 43.7 Å². The zero-order valence-electron chi connectivity index (χ0n) is 17.0. The quantitative estimate of drug-likeness (QED) is 0.584. The van der Waals surface area contributed by atoms with Crippen LogP contribution in [0.2, 0.25) is 0 Å². The third-order valence-electron chi connectivity index (χ3n) is 6.03. The number of pyridine rings is 1. The Morgan fingerprint density at radius 1 is 1.30 bits per heavy atom. The number of hydrogen-bond acceptors (Lipinski definition) is 5. The van der Waals surface area contributed by atoms with Crippen molar-refractivity contribution in [2.75, 3.05) is 30.4 Å². The molecule has 3 heterocycles. The fourth-order valence-electron chi connectivity index (χ4n) is 4.05. The number of benzene rings is 1. The number of aryl methyl sites for hydroxylation is 1. The number of amides is 1. The lowest BCUT2D eigenvalue weighted by Gasteiger charge is -2.48. The number of nitrogens with one attached hydrogen (secondary N) is 1. The maximum Gasteiger partial charge on any atom is 0.299 e. The predicted octanol–water partition coefficient (Wildman–Crippen LogP) is 3.81. The normalized spacial score (nSPS) is 17.7. The molecule has 1 saturated heterocycles. The highest BCUT2D eigenvalue weighted by atomic mass is 35.5. The molecule has 1 aromatic carbocycles. The Hall–Kier alpha value is -2.60. The first-order valence-electron chi connectivity index (χ1n) is 10.4. The largest absolute Gasteiger partial charge is 0.404 e. The van der Waals surface area contributed by atoms with Gasteiger partial charge in [-0.2, -0.15) is 4.98 Å². The number of halogens is 1. The first-order valence-corrected chi connectivity index (χ1v) is 11.0. The van der Waals surface area contributed by atoms with Crippen LogP contribution in [0.15, 0.2) is 40.9 Å². The molecule has 0 spiro atoms. The average Bonchev–Trinajstić information content (AvgIpc) is 3.48. The van der Waals surface area contributed by atoms with Crippen molar-refractivity contribution < 1.29 is 9.21 Å². The summed E-state index contributed by atoms with van der Waals surface area (Å²) in [6, 6.07) is 11.0. The minimum atomic E-state index is -0.170. The Labute approximate surface area is 180 Å². The van der Waals surface area contributed by atoms with E-state index in [0.717, 1.165) is 22.6 Å². The molecule has 2 aliphatic rings. The number of hydrogen-bond donors (Lipinski definition) is 1. The highest BCUT2D eigenvalue weighted by Crippen LogP contribution is 2.40. The minimum Gasteiger partial charge on any atom is -0.404 e. The third kappa shape index (κ3) is 3.88. The van der Waals surface area contributed by atoms with Gasteiger partial charge in [-0.15, -0.1) is 11.6 Å². The summed E-state index contributed by atoms with van der Waals surface area (Å²) in [6.45, 7) is 3.91. The Bertz CT molecular complexity index is 1070. The van der Waals surface area contributed by atoms with E-state index in [4.69, 9.17) is 16.0 Å². The van der Waals surface area contributed by atoms with Gasteiger partial charge in [0.15, 0.2) is 0 Å². The second kappa shape index (κ2) is 7.58. The summed E-state index contributed by atoms with van der Waals surface area (Å²) in [4.78, 5) is 23.3. The standard InChI is InChI=1S/C23H25ClN4O2/c1-15-8-19-21(25-10-15)30-22(27-19)28-13-23(11-24,14-28)12-26-20(29)9-16-2-4-17(5-3-16)18-6-7-18/h2-5,8,10,18H,6-7,9,11-14H2,1H3,(H,26,29). The zero-order chi connectivity index (χ0) is 20.7. The number of aromatic nitrogens is 2. The van der Waals surface area contributed by atoms with Crippen molar-refractivity contribution in [2.24, 2.45) is 5.41 Å². The zero-order valence-corrected chi connectivity index (χ0v) is 17.8. The van der Waals surface area contributed by atoms with E-state index in [1.165, 1.54) is 18.4 Å². The number of alkyl halides is 1. The summed E-state index contributed by atoms with van der Waals surface area (Å²) in [7, 11) is 0. The van der Waals surface area contributed by atoms with E-state index < -0.39 is 0 Å². The maximum atomic E-state index is 12.4. The molecule has 2 aromatic heterocycles. The van der Waals surface area contributed by atoms with Crippen molar-refractivity contribution in [3.05, 3.63) is 53.2 Å². The van der Waals surface area contributed by atoms with Crippen LogP contribution in [0.3, 0.4) is 0 Å². The van der Waals surface area contributed by atoms with E-state index in [1.807, 2.05) is 17.9 Å². The van der Waals surface area contributed by atoms with Crippen LogP contribution in [0.25, 0.3) is 11.2 Å². The van der Waals surface area contributed by atoms with Gasteiger partial charge in [-0.3, -0.25) is 4.79 Å². The molecule has 1 saturated carbocycles. The summed E-state index contributed by atoms with van der Waals surface area (Å²) in [6.07, 6.45) is 4.74. The number of nitrogens with zero attached hydrogens (tertiary/aromatic N) is 3. The SMILES string of the molecule is Cc1cnc2oc(N3CC(CCl)(CNC(=O)Cc4ccc(C5CC5)cc4)C3)nc2c1. The number of oxazole rings is 1. The Balaban J connectivity index is 1.15. The second-order valence-electron chi connectivity index (χ2n) is 8.79. The van der Waals surface area contributed by atoms with E-state index >= 15 is 0 Å². The van der Waals surface area contributed by atoms with Crippen LogP contribution >= 0.6 is 11.6 Å². The van der Waals surface area contributed by atoms with Gasteiger partial charge in [0.25, 0.3) is 6.01 Å². The van der Waals surface area contributed by atoms with Gasteiger partial charge in [-0.05, 0) is 48.4 Å². The molecule has 0 unspecified atom stereocenters. The topological polar surface area (TPSA) is 71.3 Å². The van der Waals surface area contributed by atoms with E-state index in [-0.39, 0.29) is 11.3 Å². The molecule has 1 aliphatic heterocycles. The van der Waals surface area contributed by atoms with Crippen molar-refractivity contribution in [1.82, 2.24) is 15.3 Å². The van der Waals surface area contributed by atoms with Gasteiger partial charge in [0.05, 0.1) is 6.42 Å². The van der Waals surface area contributed by atoms with E-state index in [1.54, 1.807) is 6.20 Å². The maximum absolute atomic E-state index is 12.4. The molecular weight excluding hydrogens is 400 g/mol. The molecule has 0 atom stereocenters. The van der Waals surface area contributed by atoms with Gasteiger partial charge in [-0.25, -0.2) is 4.98 Å². The van der Waals surface area contributed by atoms with Crippen LogP contribution in [0.5, 0.6) is 0 Å². The molecule has 5 rings (SSSR count). The Kier molecular flexibility index (Phi) is 4.89. The van der Waals surface area contributed by atoms with Crippen LogP contribution in [0.1, 0.15) is 35.4 Å². The molecule has 2 fully saturated rings.